The fourth-order valence-electron chi connectivity index (χ4n) is 0. The van der Waals surface area contributed by atoms with Crippen LogP contribution in [0.25, 0.3) is 0 Å². The predicted molar refractivity (Wildman–Crippen MR) is 70.5 cm³/mol. The van der Waals surface area contributed by atoms with E-state index in [4.69, 9.17) is 0 Å². The molecule has 0 aromatic heterocycles. The molecule has 0 saturated heterocycles. The van der Waals surface area contributed by atoms with Crippen molar-refractivity contribution in [1.29, 1.82) is 0 Å². The molecule has 0 heteroatoms. The third-order valence-corrected chi connectivity index (χ3v) is 0.500. The van der Waals surface area contributed by atoms with Crippen LogP contribution in [0, 0.1) is 0 Å². The van der Waals surface area contributed by atoms with E-state index in [-0.39, 0.29) is 0 Å². The Morgan fingerprint density at radius 2 is 0.846 bits per heavy atom. The smallest absolute Gasteiger partial charge is 0.0473 e. The molecule has 0 bridgehead atoms. The van der Waals surface area contributed by atoms with E-state index in [2.05, 4.69) is 20.4 Å². The van der Waals surface area contributed by atoms with Crippen molar-refractivity contribution < 1.29 is 0 Å². The van der Waals surface area contributed by atoms with Gasteiger partial charge in [0.05, 0.1) is 0 Å². The molecular weight excluding hydrogens is 156 g/mol. The molecule has 0 aliphatic rings. The Hall–Kier alpha value is -0.260. The first-order chi connectivity index (χ1) is 6.33. The van der Waals surface area contributed by atoms with Crippen molar-refractivity contribution in [2.24, 2.45) is 0 Å². The van der Waals surface area contributed by atoms with Crippen LogP contribution in [0.3, 0.4) is 0 Å². The molecule has 0 aromatic rings. The average Bonchev–Trinajstić information content (AvgIpc) is 2.27. The lowest BCUT2D eigenvalue weighted by Crippen LogP contribution is -1.47. The van der Waals surface area contributed by atoms with Gasteiger partial charge in [-0.1, -0.05) is 74.3 Å². The summed E-state index contributed by atoms with van der Waals surface area (Å²) >= 11 is 0. The van der Waals surface area contributed by atoms with Crippen molar-refractivity contribution in [2.75, 3.05) is 0 Å². The minimum absolute atomic E-state index is 1.32. The molecule has 0 heterocycles. The van der Waals surface area contributed by atoms with Crippen LogP contribution in [0.5, 0.6) is 0 Å². The predicted octanol–water partition coefficient (Wildman–Crippen LogP) is 6.08. The molecule has 0 amide bonds. The number of hydrogen-bond donors (Lipinski definition) is 0. The molecule has 0 nitrogen and oxygen atoms in total. The minimum Gasteiger partial charge on any atom is -0.103 e. The maximum Gasteiger partial charge on any atom is -0.0473 e. The van der Waals surface area contributed by atoms with E-state index in [1.165, 1.54) is 12.8 Å². The normalized spacial score (nSPS) is 4.69. The molecule has 0 aliphatic carbocycles. The molecule has 0 unspecified atom stereocenters. The highest BCUT2D eigenvalue weighted by atomic mass is 13.6. The van der Waals surface area contributed by atoms with Crippen molar-refractivity contribution in [1.82, 2.24) is 0 Å². The van der Waals surface area contributed by atoms with Crippen LogP contribution in [0.15, 0.2) is 12.7 Å². The molecule has 86 valence electrons. The van der Waals surface area contributed by atoms with Crippen LogP contribution >= 0.6 is 0 Å². The summed E-state index contributed by atoms with van der Waals surface area (Å²) in [6.45, 7) is 21.6. The summed E-state index contributed by atoms with van der Waals surface area (Å²) in [5.74, 6) is 0. The van der Waals surface area contributed by atoms with Crippen LogP contribution in [-0.2, 0) is 0 Å². The van der Waals surface area contributed by atoms with Crippen LogP contribution in [0.4, 0.5) is 0 Å². The number of unbranched alkanes of at least 4 members (excludes halogenated alkanes) is 1. The molecular formula is C13H34. The third kappa shape index (κ3) is 2030. The molecule has 0 spiro atoms. The van der Waals surface area contributed by atoms with Gasteiger partial charge < -0.3 is 0 Å². The highest BCUT2D eigenvalue weighted by molar-refractivity contribution is 4.51. The van der Waals surface area contributed by atoms with Crippen molar-refractivity contribution in [3.8, 4) is 0 Å². The van der Waals surface area contributed by atoms with E-state index in [0.29, 0.717) is 0 Å². The van der Waals surface area contributed by atoms with Crippen LogP contribution in [0.2, 0.25) is 0 Å². The lowest BCUT2D eigenvalue weighted by atomic mass is 10.4. The molecule has 0 radical (unpaired) electrons. The van der Waals surface area contributed by atoms with Gasteiger partial charge in [0, 0.05) is 0 Å². The zero-order chi connectivity index (χ0) is 12.1. The second-order valence-electron chi connectivity index (χ2n) is 1.41. The van der Waals surface area contributed by atoms with Crippen molar-refractivity contribution in [3.63, 3.8) is 0 Å². The lowest BCUT2D eigenvalue weighted by Gasteiger charge is -1.68. The van der Waals surface area contributed by atoms with E-state index >= 15 is 0 Å². The van der Waals surface area contributed by atoms with Gasteiger partial charge in [0.2, 0.25) is 0 Å². The highest BCUT2D eigenvalue weighted by Gasteiger charge is 1.56. The summed E-state index contributed by atoms with van der Waals surface area (Å²) in [6.07, 6.45) is 4.39. The molecule has 0 fully saturated rings. The monoisotopic (exact) mass is 190 g/mol. The highest BCUT2D eigenvalue weighted by Crippen LogP contribution is 1.76. The Morgan fingerprint density at radius 3 is 0.846 bits per heavy atom. The second-order valence-corrected chi connectivity index (χ2v) is 1.41. The zero-order valence-corrected chi connectivity index (χ0v) is 11.7. The maximum atomic E-state index is 3.36. The van der Waals surface area contributed by atoms with Crippen LogP contribution < -0.4 is 0 Å². The SMILES string of the molecule is C=CC.CC.CC.CC.CCCC. The third-order valence-electron chi connectivity index (χ3n) is 0.500. The summed E-state index contributed by atoms with van der Waals surface area (Å²) in [4.78, 5) is 0. The second kappa shape index (κ2) is 180. The van der Waals surface area contributed by atoms with E-state index in [0.717, 1.165) is 0 Å². The summed E-state index contributed by atoms with van der Waals surface area (Å²) in [5.41, 5.74) is 0. The fraction of sp³-hybridized carbons (Fsp3) is 0.846. The Balaban J connectivity index is -0.0000000215. The fourth-order valence-corrected chi connectivity index (χ4v) is 0. The minimum atomic E-state index is 1.32. The van der Waals surface area contributed by atoms with Gasteiger partial charge in [-0.3, -0.25) is 0 Å². The van der Waals surface area contributed by atoms with Gasteiger partial charge in [0.1, 0.15) is 0 Å². The van der Waals surface area contributed by atoms with Crippen LogP contribution in [0.1, 0.15) is 75.2 Å². The van der Waals surface area contributed by atoms with Crippen molar-refractivity contribution in [3.05, 3.63) is 12.7 Å². The van der Waals surface area contributed by atoms with Gasteiger partial charge in [0.25, 0.3) is 0 Å². The van der Waals surface area contributed by atoms with Gasteiger partial charge in [-0.05, 0) is 6.92 Å². The first-order valence-electron chi connectivity index (χ1n) is 5.90. The van der Waals surface area contributed by atoms with Crippen LogP contribution in [-0.4, -0.2) is 0 Å². The van der Waals surface area contributed by atoms with Gasteiger partial charge in [-0.25, -0.2) is 0 Å². The standard InChI is InChI=1S/C4H10.C3H6.3C2H6/c1-3-4-2;1-3-2;3*1-2/h3-4H2,1-2H3;3H,1H2,2H3;3*1-2H3. The van der Waals surface area contributed by atoms with Gasteiger partial charge >= 0.3 is 0 Å². The average molecular weight is 190 g/mol. The Kier molecular flexibility index (Phi) is 407. The lowest BCUT2D eigenvalue weighted by molar-refractivity contribution is 0.886. The van der Waals surface area contributed by atoms with E-state index in [1.54, 1.807) is 6.08 Å². The molecule has 0 saturated carbocycles. The molecule has 0 rings (SSSR count). The molecule has 0 N–H and O–H groups in total. The number of allylic oxidation sites excluding steroid dienone is 1. The Bertz CT molecular complexity index is 19.2. The summed E-state index contributed by atoms with van der Waals surface area (Å²) in [6, 6.07) is 0. The first kappa shape index (κ1) is 29.3. The van der Waals surface area contributed by atoms with Crippen molar-refractivity contribution in [2.45, 2.75) is 75.2 Å². The molecule has 13 heavy (non-hydrogen) atoms. The molecule has 0 atom stereocenters. The van der Waals surface area contributed by atoms with Gasteiger partial charge in [-0.2, -0.15) is 0 Å². The van der Waals surface area contributed by atoms with E-state index in [1.807, 2.05) is 48.5 Å². The zero-order valence-electron chi connectivity index (χ0n) is 11.7. The Labute approximate surface area is 88.5 Å². The van der Waals surface area contributed by atoms with E-state index < -0.39 is 0 Å². The number of hydrogen-bond acceptors (Lipinski definition) is 0. The summed E-state index contributed by atoms with van der Waals surface area (Å²) in [5, 5.41) is 0. The topological polar surface area (TPSA) is 0 Å². The van der Waals surface area contributed by atoms with Crippen molar-refractivity contribution >= 4 is 0 Å². The van der Waals surface area contributed by atoms with E-state index in [9.17, 15) is 0 Å². The van der Waals surface area contributed by atoms with Gasteiger partial charge in [-0.15, -0.1) is 6.58 Å². The Morgan fingerprint density at radius 1 is 0.769 bits per heavy atom. The maximum absolute atomic E-state index is 3.36. The summed E-state index contributed by atoms with van der Waals surface area (Å²) in [7, 11) is 0. The van der Waals surface area contributed by atoms with Gasteiger partial charge in [0.15, 0.2) is 0 Å². The largest absolute Gasteiger partial charge is 0.103 e. The first-order valence-corrected chi connectivity index (χ1v) is 5.90. The quantitative estimate of drug-likeness (QED) is 0.440. The number of rotatable bonds is 1. The molecule has 0 aromatic carbocycles. The molecule has 0 aliphatic heterocycles. The summed E-state index contributed by atoms with van der Waals surface area (Å²) < 4.78 is 0.